The van der Waals surface area contributed by atoms with Gasteiger partial charge in [0.25, 0.3) is 0 Å². The summed E-state index contributed by atoms with van der Waals surface area (Å²) in [7, 11) is 1.91. The Kier molecular flexibility index (Phi) is 3.65. The van der Waals surface area contributed by atoms with Crippen molar-refractivity contribution >= 4 is 33.2 Å². The maximum atomic E-state index is 6.02. The van der Waals surface area contributed by atoms with Crippen LogP contribution >= 0.6 is 27.5 Å². The van der Waals surface area contributed by atoms with E-state index in [1.165, 1.54) is 0 Å². The molecule has 1 rings (SSSR count). The molecule has 0 bridgehead atoms. The topological polar surface area (TPSA) is 3.24 Å². The molecule has 0 aliphatic carbocycles. The van der Waals surface area contributed by atoms with Gasteiger partial charge >= 0.3 is 0 Å². The van der Waals surface area contributed by atoms with Crippen molar-refractivity contribution in [1.29, 1.82) is 0 Å². The number of hydrogen-bond donors (Lipinski definition) is 0. The minimum absolute atomic E-state index is 0.557. The molecule has 0 radical (unpaired) electrons. The van der Waals surface area contributed by atoms with Gasteiger partial charge in [-0.15, -0.1) is 6.42 Å². The van der Waals surface area contributed by atoms with E-state index < -0.39 is 0 Å². The van der Waals surface area contributed by atoms with E-state index in [2.05, 4.69) is 21.9 Å². The third kappa shape index (κ3) is 2.65. The molecule has 0 saturated carbocycles. The van der Waals surface area contributed by atoms with Gasteiger partial charge in [0.2, 0.25) is 0 Å². The zero-order valence-electron chi connectivity index (χ0n) is 7.22. The molecule has 0 aliphatic rings. The molecule has 68 valence electrons. The predicted octanol–water partition coefficient (Wildman–Crippen LogP) is 3.17. The quantitative estimate of drug-likeness (QED) is 0.737. The fourth-order valence-corrected chi connectivity index (χ4v) is 1.83. The lowest BCUT2D eigenvalue weighted by Crippen LogP contribution is -2.17. The lowest BCUT2D eigenvalue weighted by Gasteiger charge is -2.17. The zero-order chi connectivity index (χ0) is 9.84. The Morgan fingerprint density at radius 2 is 2.31 bits per heavy atom. The first-order valence-electron chi connectivity index (χ1n) is 3.75. The van der Waals surface area contributed by atoms with Crippen LogP contribution in [0.1, 0.15) is 0 Å². The van der Waals surface area contributed by atoms with Gasteiger partial charge in [-0.2, -0.15) is 0 Å². The van der Waals surface area contributed by atoms with Gasteiger partial charge in [-0.1, -0.05) is 33.5 Å². The van der Waals surface area contributed by atoms with Crippen LogP contribution in [0.15, 0.2) is 22.7 Å². The van der Waals surface area contributed by atoms with Crippen molar-refractivity contribution in [3.05, 3.63) is 27.7 Å². The van der Waals surface area contributed by atoms with Gasteiger partial charge in [-0.25, -0.2) is 0 Å². The fraction of sp³-hybridized carbons (Fsp3) is 0.200. The Morgan fingerprint density at radius 3 is 2.85 bits per heavy atom. The smallest absolute Gasteiger partial charge is 0.0788 e. The minimum Gasteiger partial charge on any atom is -0.362 e. The number of anilines is 1. The van der Waals surface area contributed by atoms with Crippen LogP contribution < -0.4 is 4.90 Å². The number of rotatable bonds is 2. The van der Waals surface area contributed by atoms with Gasteiger partial charge in [0.1, 0.15) is 0 Å². The lowest BCUT2D eigenvalue weighted by molar-refractivity contribution is 1.05. The molecule has 3 heteroatoms. The summed E-state index contributed by atoms with van der Waals surface area (Å²) in [5.74, 6) is 2.56. The molecule has 0 aliphatic heterocycles. The fourth-order valence-electron chi connectivity index (χ4n) is 1.01. The monoisotopic (exact) mass is 257 g/mol. The Balaban J connectivity index is 2.96. The van der Waals surface area contributed by atoms with Crippen LogP contribution in [0, 0.1) is 12.3 Å². The Bertz CT molecular complexity index is 343. The third-order valence-electron chi connectivity index (χ3n) is 1.65. The molecule has 1 nitrogen and oxygen atoms in total. The van der Waals surface area contributed by atoms with E-state index >= 15 is 0 Å². The highest BCUT2D eigenvalue weighted by molar-refractivity contribution is 9.10. The second-order valence-corrected chi connectivity index (χ2v) is 3.98. The van der Waals surface area contributed by atoms with E-state index in [1.807, 2.05) is 30.1 Å². The number of halogens is 2. The molecule has 0 atom stereocenters. The number of hydrogen-bond acceptors (Lipinski definition) is 1. The summed E-state index contributed by atoms with van der Waals surface area (Å²) in [4.78, 5) is 1.93. The average molecular weight is 259 g/mol. The molecular weight excluding hydrogens is 249 g/mol. The molecule has 0 saturated heterocycles. The van der Waals surface area contributed by atoms with E-state index in [1.54, 1.807) is 0 Å². The van der Waals surface area contributed by atoms with Crippen LogP contribution in [0.2, 0.25) is 5.02 Å². The number of benzene rings is 1. The second kappa shape index (κ2) is 4.55. The van der Waals surface area contributed by atoms with E-state index in [0.717, 1.165) is 10.2 Å². The van der Waals surface area contributed by atoms with Gasteiger partial charge in [0.15, 0.2) is 0 Å². The molecule has 13 heavy (non-hydrogen) atoms. The highest BCUT2D eigenvalue weighted by Crippen LogP contribution is 2.27. The van der Waals surface area contributed by atoms with Gasteiger partial charge < -0.3 is 4.90 Å². The third-order valence-corrected chi connectivity index (χ3v) is 2.45. The SMILES string of the molecule is C#CCN(C)c1ccc(Br)cc1Cl. The van der Waals surface area contributed by atoms with E-state index in [0.29, 0.717) is 11.6 Å². The summed E-state index contributed by atoms with van der Waals surface area (Å²) in [5, 5.41) is 0.701. The van der Waals surface area contributed by atoms with Crippen molar-refractivity contribution in [2.45, 2.75) is 0 Å². The Morgan fingerprint density at radius 1 is 1.62 bits per heavy atom. The van der Waals surface area contributed by atoms with E-state index in [9.17, 15) is 0 Å². The summed E-state index contributed by atoms with van der Waals surface area (Å²) in [6.07, 6.45) is 5.20. The average Bonchev–Trinajstić information content (AvgIpc) is 2.04. The number of nitrogens with zero attached hydrogens (tertiary/aromatic N) is 1. The van der Waals surface area contributed by atoms with Crippen molar-refractivity contribution in [2.75, 3.05) is 18.5 Å². The summed E-state index contributed by atoms with van der Waals surface area (Å²) in [5.41, 5.74) is 0.947. The van der Waals surface area contributed by atoms with Crippen molar-refractivity contribution in [2.24, 2.45) is 0 Å². The lowest BCUT2D eigenvalue weighted by atomic mass is 10.3. The highest BCUT2D eigenvalue weighted by atomic mass is 79.9. The van der Waals surface area contributed by atoms with E-state index in [4.69, 9.17) is 18.0 Å². The predicted molar refractivity (Wildman–Crippen MR) is 61.3 cm³/mol. The van der Waals surface area contributed by atoms with Crippen LogP contribution in [0.5, 0.6) is 0 Å². The van der Waals surface area contributed by atoms with Gasteiger partial charge in [-0.05, 0) is 18.2 Å². The molecule has 0 aromatic heterocycles. The van der Waals surface area contributed by atoms with Crippen LogP contribution in [0.4, 0.5) is 5.69 Å². The maximum absolute atomic E-state index is 6.02. The van der Waals surface area contributed by atoms with E-state index in [-0.39, 0.29) is 0 Å². The molecule has 0 unspecified atom stereocenters. The van der Waals surface area contributed by atoms with Gasteiger partial charge in [0, 0.05) is 11.5 Å². The molecule has 0 fully saturated rings. The highest BCUT2D eigenvalue weighted by Gasteiger charge is 2.04. The first-order valence-corrected chi connectivity index (χ1v) is 4.92. The zero-order valence-corrected chi connectivity index (χ0v) is 9.56. The van der Waals surface area contributed by atoms with Crippen molar-refractivity contribution in [3.63, 3.8) is 0 Å². The summed E-state index contributed by atoms with van der Waals surface area (Å²) in [6, 6.07) is 5.72. The molecule has 0 heterocycles. The minimum atomic E-state index is 0.557. The molecule has 1 aromatic carbocycles. The first kappa shape index (κ1) is 10.4. The summed E-state index contributed by atoms with van der Waals surface area (Å²) < 4.78 is 0.968. The Hall–Kier alpha value is -0.650. The van der Waals surface area contributed by atoms with Crippen LogP contribution in [0.25, 0.3) is 0 Å². The molecule has 0 amide bonds. The van der Waals surface area contributed by atoms with Crippen LogP contribution in [0.3, 0.4) is 0 Å². The second-order valence-electron chi connectivity index (χ2n) is 2.66. The van der Waals surface area contributed by atoms with Crippen molar-refractivity contribution < 1.29 is 0 Å². The largest absolute Gasteiger partial charge is 0.362 e. The molecule has 0 spiro atoms. The normalized spacial score (nSPS) is 9.38. The van der Waals surface area contributed by atoms with Crippen LogP contribution in [-0.2, 0) is 0 Å². The first-order chi connectivity index (χ1) is 6.15. The Labute approximate surface area is 91.8 Å². The van der Waals surface area contributed by atoms with Gasteiger partial charge in [-0.3, -0.25) is 0 Å². The van der Waals surface area contributed by atoms with Gasteiger partial charge in [0.05, 0.1) is 17.3 Å². The summed E-state index contributed by atoms with van der Waals surface area (Å²) >= 11 is 9.36. The summed E-state index contributed by atoms with van der Waals surface area (Å²) in [6.45, 7) is 0.557. The molecular formula is C10H9BrClN. The number of terminal acetylenes is 1. The standard InChI is InChI=1S/C10H9BrClN/c1-3-6-13(2)10-5-4-8(11)7-9(10)12/h1,4-5,7H,6H2,2H3. The van der Waals surface area contributed by atoms with Crippen LogP contribution in [-0.4, -0.2) is 13.6 Å². The molecule has 1 aromatic rings. The molecule has 0 N–H and O–H groups in total. The van der Waals surface area contributed by atoms with Crippen molar-refractivity contribution in [1.82, 2.24) is 0 Å². The van der Waals surface area contributed by atoms with Crippen molar-refractivity contribution in [3.8, 4) is 12.3 Å². The maximum Gasteiger partial charge on any atom is 0.0788 e.